The van der Waals surface area contributed by atoms with Crippen LogP contribution in [0.1, 0.15) is 30.9 Å². The van der Waals surface area contributed by atoms with Crippen molar-refractivity contribution < 1.29 is 76.1 Å². The number of aliphatic hydroxyl groups excluding tert-OH is 2. The molecule has 8 atom stereocenters. The van der Waals surface area contributed by atoms with Gasteiger partial charge in [0.05, 0.1) is 32.8 Å². The summed E-state index contributed by atoms with van der Waals surface area (Å²) in [5.74, 6) is -1.97. The van der Waals surface area contributed by atoms with E-state index in [0.717, 1.165) is 54.2 Å². The third-order valence-electron chi connectivity index (χ3n) is 9.13. The van der Waals surface area contributed by atoms with Crippen LogP contribution in [-0.4, -0.2) is 142 Å². The molecule has 0 saturated carbocycles. The van der Waals surface area contributed by atoms with E-state index in [9.17, 15) is 48.4 Å². The van der Waals surface area contributed by atoms with E-state index in [1.807, 2.05) is 0 Å². The molecule has 0 fully saturated rings. The molecule has 1 amide bonds. The Kier molecular flexibility index (Phi) is 18.5. The van der Waals surface area contributed by atoms with Crippen molar-refractivity contribution in [3.8, 4) is 0 Å². The molecule has 0 bridgehead atoms. The fourth-order valence-electron chi connectivity index (χ4n) is 5.76. The van der Waals surface area contributed by atoms with E-state index >= 15 is 0 Å². The molecule has 0 spiro atoms. The molecule has 28 heteroatoms. The Morgan fingerprint density at radius 1 is 0.921 bits per heavy atom. The number of aliphatic hydroxyl groups is 2. The second-order valence-electron chi connectivity index (χ2n) is 13.4. The summed E-state index contributed by atoms with van der Waals surface area (Å²) < 4.78 is 64.1. The summed E-state index contributed by atoms with van der Waals surface area (Å²) in [6.45, 7) is 1.12. The summed E-state index contributed by atoms with van der Waals surface area (Å²) in [7, 11) is -7.38. The minimum absolute atomic E-state index is 0.0301. The molecule has 4 aromatic rings. The summed E-state index contributed by atoms with van der Waals surface area (Å²) in [4.78, 5) is 86.3. The Bertz CT molecular complexity index is 2300. The quantitative estimate of drug-likeness (QED) is 0.0243. The van der Waals surface area contributed by atoms with Gasteiger partial charge in [-0.25, -0.2) is 33.7 Å². The predicted octanol–water partition coefficient (Wildman–Crippen LogP) is -0.207. The van der Waals surface area contributed by atoms with Crippen molar-refractivity contribution in [3.63, 3.8) is 0 Å². The molecule has 4 rings (SSSR count). The van der Waals surface area contributed by atoms with Crippen molar-refractivity contribution in [2.75, 3.05) is 52.6 Å². The largest absolute Gasteiger partial charge is 0.472 e. The molecule has 3 aromatic heterocycles. The molecule has 0 aliphatic carbocycles. The number of benzene rings is 1. The first-order valence-corrected chi connectivity index (χ1v) is 21.6. The maximum absolute atomic E-state index is 14.2. The summed E-state index contributed by atoms with van der Waals surface area (Å²) in [6, 6.07) is 8.55. The predicted molar refractivity (Wildman–Crippen MR) is 217 cm³/mol. The number of fused-ring (bicyclic) bond motifs is 1. The monoisotopic (exact) mass is 929 g/mol. The number of aromatic nitrogens is 6. The highest BCUT2D eigenvalue weighted by Gasteiger charge is 2.43. The van der Waals surface area contributed by atoms with Crippen LogP contribution in [0.5, 0.6) is 0 Å². The van der Waals surface area contributed by atoms with Crippen LogP contribution in [0.25, 0.3) is 11.2 Å². The lowest BCUT2D eigenvalue weighted by Gasteiger charge is -2.34. The number of nitrogen functional groups attached to an aromatic ring is 2. The maximum atomic E-state index is 14.2. The maximum Gasteiger partial charge on any atom is 0.472 e. The molecule has 63 heavy (non-hydrogen) atoms. The number of hydrogen-bond donors (Lipinski definition) is 7. The molecule has 0 aliphatic rings. The molecule has 346 valence electrons. The number of nitrogens with two attached hydrogens (primary N) is 2. The van der Waals surface area contributed by atoms with Crippen molar-refractivity contribution in [2.24, 2.45) is 0 Å². The van der Waals surface area contributed by atoms with E-state index in [-0.39, 0.29) is 42.2 Å². The third-order valence-corrected chi connectivity index (χ3v) is 10.6. The molecule has 0 radical (unpaired) electrons. The smallest absolute Gasteiger partial charge is 0.453 e. The molecule has 1 unspecified atom stereocenters. The average Bonchev–Trinajstić information content (AvgIpc) is 3.68. The van der Waals surface area contributed by atoms with E-state index in [4.69, 9.17) is 39.5 Å². The number of likely N-dealkylation sites (N-methyl/N-ethyl adjacent to an activating group) is 1. The van der Waals surface area contributed by atoms with Gasteiger partial charge in [0.15, 0.2) is 36.1 Å². The van der Waals surface area contributed by atoms with Crippen LogP contribution in [-0.2, 0) is 57.8 Å². The topological polar surface area (TPSA) is 368 Å². The SMILES string of the molecule is C=CCCC(=O)N(C)[C@@H](COCc1ccccc1)C(=O)O[C@@H]([C@@H](O)n1cnc2c(N)ncnc21)[C@@H](COP(=O)(O)O[C@@H]([C@@H](O)n1ccc(N)nc1=O)[C@@H](COP(=O)(O)O)OC)OC. The molecule has 26 nitrogen and oxygen atoms in total. The number of carbonyl (C=O) groups is 2. The van der Waals surface area contributed by atoms with Crippen LogP contribution in [0.15, 0.2) is 72.7 Å². The lowest BCUT2D eigenvalue weighted by Crippen LogP contribution is -2.50. The number of phosphoric acid groups is 2. The lowest BCUT2D eigenvalue weighted by molar-refractivity contribution is -0.185. The summed E-state index contributed by atoms with van der Waals surface area (Å²) in [6.07, 6.45) is -7.02. The van der Waals surface area contributed by atoms with E-state index in [2.05, 4.69) is 31.0 Å². The summed E-state index contributed by atoms with van der Waals surface area (Å²) >= 11 is 0. The van der Waals surface area contributed by atoms with Crippen LogP contribution in [0.4, 0.5) is 11.6 Å². The zero-order valence-corrected chi connectivity index (χ0v) is 35.9. The molecule has 0 aliphatic heterocycles. The third kappa shape index (κ3) is 14.2. The number of hydrogen-bond acceptors (Lipinski definition) is 20. The Labute approximate surface area is 358 Å². The van der Waals surface area contributed by atoms with Gasteiger partial charge >= 0.3 is 27.3 Å². The number of carbonyl (C=O) groups excluding carboxylic acids is 2. The van der Waals surface area contributed by atoms with Crippen LogP contribution >= 0.6 is 15.6 Å². The van der Waals surface area contributed by atoms with E-state index in [1.165, 1.54) is 13.1 Å². The second-order valence-corrected chi connectivity index (χ2v) is 16.0. The van der Waals surface area contributed by atoms with Crippen molar-refractivity contribution >= 4 is 50.3 Å². The molecular formula is C35H49N9O17P2. The highest BCUT2D eigenvalue weighted by atomic mass is 31.2. The Hall–Kier alpha value is -5.05. The van der Waals surface area contributed by atoms with E-state index < -0.39 is 95.9 Å². The molecule has 0 saturated heterocycles. The lowest BCUT2D eigenvalue weighted by atomic mass is 10.1. The van der Waals surface area contributed by atoms with Crippen molar-refractivity contribution in [2.45, 2.75) is 62.4 Å². The first-order chi connectivity index (χ1) is 29.8. The van der Waals surface area contributed by atoms with E-state index in [0.29, 0.717) is 4.57 Å². The molecular weight excluding hydrogens is 880 g/mol. The van der Waals surface area contributed by atoms with Gasteiger partial charge in [0.2, 0.25) is 5.91 Å². The van der Waals surface area contributed by atoms with Gasteiger partial charge in [0.25, 0.3) is 0 Å². The normalized spacial score (nSPS) is 16.3. The van der Waals surface area contributed by atoms with Gasteiger partial charge in [-0.15, -0.1) is 6.58 Å². The second kappa shape index (κ2) is 23.0. The van der Waals surface area contributed by atoms with Gasteiger partial charge < -0.3 is 60.2 Å². The molecule has 9 N–H and O–H groups in total. The molecule has 3 heterocycles. The number of esters is 1. The van der Waals surface area contributed by atoms with Crippen molar-refractivity contribution in [3.05, 3.63) is 84.0 Å². The summed E-state index contributed by atoms with van der Waals surface area (Å²) in [5, 5.41) is 23.1. The number of phosphoric ester groups is 2. The van der Waals surface area contributed by atoms with Gasteiger partial charge in [0.1, 0.15) is 36.0 Å². The van der Waals surface area contributed by atoms with Crippen LogP contribution in [0, 0.1) is 0 Å². The first kappa shape index (κ1) is 50.6. The number of imidazole rings is 1. The standard InChI is InChI=1S/C35H49N9O17P2/c1-5-6-12-26(45)42(2)22(16-57-15-21-10-8-7-9-11-21)34(48)60-28(32(46)44-20-40-27-30(37)38-19-39-31(27)44)23(55-3)18-59-63(53,54)61-29(24(56-4)17-58-62(50,51)52)33(47)43-14-13-25(36)41-35(43)49/h5,7-11,13-14,19-20,22-24,28-29,32-33,46-47H,1,6,12,15-18H2,2-4H3,(H,53,54)(H2,36,41,49)(H2,37,38,39)(H2,50,51,52)/t22-,23+,24+,28+,29+,32+,33+/m0/s1. The van der Waals surface area contributed by atoms with Crippen LogP contribution in [0.3, 0.4) is 0 Å². The van der Waals surface area contributed by atoms with E-state index in [1.54, 1.807) is 30.3 Å². The van der Waals surface area contributed by atoms with Gasteiger partial charge in [-0.05, 0) is 18.1 Å². The number of rotatable bonds is 26. The van der Waals surface area contributed by atoms with Crippen LogP contribution < -0.4 is 17.2 Å². The zero-order chi connectivity index (χ0) is 46.5. The zero-order valence-electron chi connectivity index (χ0n) is 34.1. The van der Waals surface area contributed by atoms with Gasteiger partial charge in [-0.2, -0.15) is 4.98 Å². The highest BCUT2D eigenvalue weighted by molar-refractivity contribution is 7.47. The first-order valence-electron chi connectivity index (χ1n) is 18.5. The van der Waals surface area contributed by atoms with Crippen molar-refractivity contribution in [1.82, 2.24) is 34.0 Å². The van der Waals surface area contributed by atoms with Gasteiger partial charge in [-0.3, -0.25) is 27.5 Å². The summed E-state index contributed by atoms with van der Waals surface area (Å²) in [5.41, 5.74) is 11.0. The number of ether oxygens (including phenoxy) is 4. The minimum atomic E-state index is -5.55. The number of methoxy groups -OCH3 is 2. The Morgan fingerprint density at radius 3 is 2.21 bits per heavy atom. The van der Waals surface area contributed by atoms with Gasteiger partial charge in [0, 0.05) is 33.9 Å². The van der Waals surface area contributed by atoms with Crippen LogP contribution in [0.2, 0.25) is 0 Å². The fourth-order valence-corrected chi connectivity index (χ4v) is 7.05. The molecule has 1 aromatic carbocycles. The fraction of sp³-hybridized carbons (Fsp3) is 0.457. The number of amides is 1. The highest BCUT2D eigenvalue weighted by Crippen LogP contribution is 2.48. The number of anilines is 2. The number of nitrogens with zero attached hydrogens (tertiary/aromatic N) is 7. The Morgan fingerprint density at radius 2 is 1.57 bits per heavy atom. The minimum Gasteiger partial charge on any atom is -0.453 e. The van der Waals surface area contributed by atoms with Crippen molar-refractivity contribution in [1.29, 1.82) is 0 Å². The Balaban J connectivity index is 1.68. The number of allylic oxidation sites excluding steroid dienone is 1. The van der Waals surface area contributed by atoms with Gasteiger partial charge in [-0.1, -0.05) is 36.4 Å². The average molecular weight is 930 g/mol.